The molecule has 1 aliphatic rings. The molecule has 2 nitrogen and oxygen atoms in total. The highest BCUT2D eigenvalue weighted by Gasteiger charge is 2.05. The van der Waals surface area contributed by atoms with Gasteiger partial charge in [-0.2, -0.15) is 0 Å². The van der Waals surface area contributed by atoms with E-state index in [0.717, 1.165) is 11.3 Å². The molecule has 0 fully saturated rings. The molecule has 1 heterocycles. The van der Waals surface area contributed by atoms with Crippen LogP contribution >= 0.6 is 0 Å². The van der Waals surface area contributed by atoms with Crippen LogP contribution in [0.4, 0.5) is 0 Å². The van der Waals surface area contributed by atoms with Gasteiger partial charge in [0.1, 0.15) is 12.3 Å². The highest BCUT2D eigenvalue weighted by Crippen LogP contribution is 2.09. The molecule has 0 bridgehead atoms. The maximum atomic E-state index is 5.07. The zero-order valence-electron chi connectivity index (χ0n) is 7.53. The van der Waals surface area contributed by atoms with Crippen molar-refractivity contribution in [3.8, 4) is 0 Å². The maximum absolute atomic E-state index is 5.07. The van der Waals surface area contributed by atoms with Crippen LogP contribution in [0.25, 0.3) is 0 Å². The molecule has 0 aromatic heterocycles. The summed E-state index contributed by atoms with van der Waals surface area (Å²) in [5.74, 6) is 0. The van der Waals surface area contributed by atoms with Crippen LogP contribution in [0.15, 0.2) is 47.1 Å². The van der Waals surface area contributed by atoms with Crippen molar-refractivity contribution < 1.29 is 4.84 Å². The third-order valence-electron chi connectivity index (χ3n) is 1.91. The topological polar surface area (TPSA) is 21.6 Å². The zero-order valence-corrected chi connectivity index (χ0v) is 7.53. The summed E-state index contributed by atoms with van der Waals surface area (Å²) in [4.78, 5) is 5.07. The van der Waals surface area contributed by atoms with E-state index in [1.165, 1.54) is 5.57 Å². The Morgan fingerprint density at radius 3 is 2.69 bits per heavy atom. The van der Waals surface area contributed by atoms with Crippen molar-refractivity contribution in [2.75, 3.05) is 6.61 Å². The van der Waals surface area contributed by atoms with Crippen LogP contribution in [0.2, 0.25) is 0 Å². The Balaban J connectivity index is 2.33. The molecule has 1 aliphatic heterocycles. The van der Waals surface area contributed by atoms with Gasteiger partial charge in [-0.25, -0.2) is 0 Å². The van der Waals surface area contributed by atoms with Gasteiger partial charge in [0.25, 0.3) is 0 Å². The van der Waals surface area contributed by atoms with Gasteiger partial charge in [-0.1, -0.05) is 35.5 Å². The lowest BCUT2D eigenvalue weighted by Gasteiger charge is -2.09. The first kappa shape index (κ1) is 8.05. The summed E-state index contributed by atoms with van der Waals surface area (Å²) in [5, 5.41) is 3.99. The van der Waals surface area contributed by atoms with E-state index in [0.29, 0.717) is 6.61 Å². The van der Waals surface area contributed by atoms with Gasteiger partial charge >= 0.3 is 0 Å². The molecule has 0 amide bonds. The molecule has 1 aromatic carbocycles. The van der Waals surface area contributed by atoms with Gasteiger partial charge in [0.05, 0.1) is 0 Å². The number of hydrogen-bond acceptors (Lipinski definition) is 2. The van der Waals surface area contributed by atoms with Crippen molar-refractivity contribution in [1.29, 1.82) is 0 Å². The molecule has 0 atom stereocenters. The first-order valence-electron chi connectivity index (χ1n) is 4.29. The zero-order chi connectivity index (χ0) is 9.10. The van der Waals surface area contributed by atoms with Gasteiger partial charge in [-0.05, 0) is 18.6 Å². The van der Waals surface area contributed by atoms with E-state index in [1.54, 1.807) is 0 Å². The van der Waals surface area contributed by atoms with Crippen LogP contribution in [0.1, 0.15) is 12.5 Å². The lowest BCUT2D eigenvalue weighted by molar-refractivity contribution is 0.165. The molecule has 0 radical (unpaired) electrons. The van der Waals surface area contributed by atoms with Gasteiger partial charge < -0.3 is 4.84 Å². The largest absolute Gasteiger partial charge is 0.391 e. The van der Waals surface area contributed by atoms with Gasteiger partial charge in [0, 0.05) is 5.56 Å². The fourth-order valence-corrected chi connectivity index (χ4v) is 1.25. The van der Waals surface area contributed by atoms with E-state index < -0.39 is 0 Å². The van der Waals surface area contributed by atoms with Crippen molar-refractivity contribution >= 4 is 5.71 Å². The van der Waals surface area contributed by atoms with Crippen molar-refractivity contribution in [2.45, 2.75) is 6.92 Å². The van der Waals surface area contributed by atoms with Crippen molar-refractivity contribution in [1.82, 2.24) is 0 Å². The Morgan fingerprint density at radius 1 is 1.23 bits per heavy atom. The predicted octanol–water partition coefficient (Wildman–Crippen LogP) is 2.37. The average molecular weight is 173 g/mol. The van der Waals surface area contributed by atoms with Gasteiger partial charge in [0.2, 0.25) is 0 Å². The van der Waals surface area contributed by atoms with Crippen LogP contribution < -0.4 is 0 Å². The fourth-order valence-electron chi connectivity index (χ4n) is 1.25. The summed E-state index contributed by atoms with van der Waals surface area (Å²) in [6.07, 6.45) is 2.05. The number of hydrogen-bond donors (Lipinski definition) is 0. The van der Waals surface area contributed by atoms with Crippen LogP contribution in [-0.4, -0.2) is 12.3 Å². The van der Waals surface area contributed by atoms with Crippen LogP contribution in [0, 0.1) is 0 Å². The Hall–Kier alpha value is -1.57. The highest BCUT2D eigenvalue weighted by atomic mass is 16.6. The van der Waals surface area contributed by atoms with E-state index in [4.69, 9.17) is 4.84 Å². The molecular formula is C11H11NO. The fraction of sp³-hybridized carbons (Fsp3) is 0.182. The third kappa shape index (κ3) is 1.78. The second-order valence-corrected chi connectivity index (χ2v) is 3.11. The number of allylic oxidation sites excluding steroid dienone is 1. The average Bonchev–Trinajstić information content (AvgIpc) is 2.19. The maximum Gasteiger partial charge on any atom is 0.138 e. The molecule has 0 saturated heterocycles. The molecule has 13 heavy (non-hydrogen) atoms. The smallest absolute Gasteiger partial charge is 0.138 e. The lowest BCUT2D eigenvalue weighted by atomic mass is 10.1. The van der Waals surface area contributed by atoms with Gasteiger partial charge in [-0.15, -0.1) is 0 Å². The molecule has 2 rings (SSSR count). The minimum absolute atomic E-state index is 0.607. The summed E-state index contributed by atoms with van der Waals surface area (Å²) in [6.45, 7) is 2.65. The molecule has 1 aromatic rings. The van der Waals surface area contributed by atoms with Crippen molar-refractivity contribution in [3.63, 3.8) is 0 Å². The lowest BCUT2D eigenvalue weighted by Crippen LogP contribution is -2.06. The summed E-state index contributed by atoms with van der Waals surface area (Å²) in [6, 6.07) is 10.0. The van der Waals surface area contributed by atoms with Crippen LogP contribution in [0.5, 0.6) is 0 Å². The minimum Gasteiger partial charge on any atom is -0.391 e. The number of benzene rings is 1. The molecule has 0 spiro atoms. The van der Waals surface area contributed by atoms with Gasteiger partial charge in [0.15, 0.2) is 0 Å². The minimum atomic E-state index is 0.607. The first-order valence-corrected chi connectivity index (χ1v) is 4.29. The van der Waals surface area contributed by atoms with Crippen molar-refractivity contribution in [3.05, 3.63) is 47.5 Å². The number of nitrogens with zero attached hydrogens (tertiary/aromatic N) is 1. The van der Waals surface area contributed by atoms with E-state index in [9.17, 15) is 0 Å². The van der Waals surface area contributed by atoms with Crippen molar-refractivity contribution in [2.24, 2.45) is 5.16 Å². The van der Waals surface area contributed by atoms with Crippen LogP contribution in [-0.2, 0) is 4.84 Å². The standard InChI is InChI=1S/C11H11NO/c1-9-7-11(12-13-8-9)10-5-3-2-4-6-10/h2-7H,8H2,1H3. The number of oxime groups is 1. The second-order valence-electron chi connectivity index (χ2n) is 3.11. The van der Waals surface area contributed by atoms with Gasteiger partial charge in [-0.3, -0.25) is 0 Å². The summed E-state index contributed by atoms with van der Waals surface area (Å²) in [7, 11) is 0. The third-order valence-corrected chi connectivity index (χ3v) is 1.91. The first-order chi connectivity index (χ1) is 6.36. The molecule has 0 N–H and O–H groups in total. The Morgan fingerprint density at radius 2 is 2.00 bits per heavy atom. The molecule has 0 unspecified atom stereocenters. The van der Waals surface area contributed by atoms with Crippen LogP contribution in [0.3, 0.4) is 0 Å². The predicted molar refractivity (Wildman–Crippen MR) is 52.7 cm³/mol. The normalized spacial score (nSPS) is 15.8. The molecule has 0 aliphatic carbocycles. The summed E-state index contributed by atoms with van der Waals surface area (Å²) in [5.41, 5.74) is 3.21. The molecule has 66 valence electrons. The van der Waals surface area contributed by atoms with E-state index >= 15 is 0 Å². The summed E-state index contributed by atoms with van der Waals surface area (Å²) >= 11 is 0. The van der Waals surface area contributed by atoms with E-state index in [2.05, 4.69) is 11.2 Å². The number of rotatable bonds is 1. The second kappa shape index (κ2) is 3.44. The molecular weight excluding hydrogens is 162 g/mol. The Kier molecular flexibility index (Phi) is 2.13. The quantitative estimate of drug-likeness (QED) is 0.638. The molecule has 2 heteroatoms. The SMILES string of the molecule is CC1=CC(c2ccccc2)=NOC1. The van der Waals surface area contributed by atoms with E-state index in [-0.39, 0.29) is 0 Å². The molecule has 0 saturated carbocycles. The Labute approximate surface area is 77.5 Å². The summed E-state index contributed by atoms with van der Waals surface area (Å²) < 4.78 is 0. The van der Waals surface area contributed by atoms with E-state index in [1.807, 2.05) is 37.3 Å². The highest BCUT2D eigenvalue weighted by molar-refractivity contribution is 6.08. The Bertz CT molecular complexity index is 352. The monoisotopic (exact) mass is 173 g/mol.